The smallest absolute Gasteiger partial charge is 0.310 e. The van der Waals surface area contributed by atoms with E-state index in [9.17, 15) is 14.1 Å². The van der Waals surface area contributed by atoms with Gasteiger partial charge in [-0.2, -0.15) is 0 Å². The molecule has 2 unspecified atom stereocenters. The van der Waals surface area contributed by atoms with Crippen molar-refractivity contribution in [2.75, 3.05) is 6.26 Å². The van der Waals surface area contributed by atoms with Crippen LogP contribution in [0.3, 0.4) is 0 Å². The Morgan fingerprint density at radius 1 is 1.42 bits per heavy atom. The second-order valence-electron chi connectivity index (χ2n) is 5.30. The highest BCUT2D eigenvalue weighted by Crippen LogP contribution is 2.34. The van der Waals surface area contributed by atoms with Crippen molar-refractivity contribution in [2.45, 2.75) is 42.9 Å². The molecule has 0 radical (unpaired) electrons. The van der Waals surface area contributed by atoms with Gasteiger partial charge in [0.1, 0.15) is 0 Å². The van der Waals surface area contributed by atoms with Crippen LogP contribution in [0.15, 0.2) is 29.2 Å². The fourth-order valence-electron chi connectivity index (χ4n) is 2.87. The van der Waals surface area contributed by atoms with Gasteiger partial charge in [-0.1, -0.05) is 37.8 Å². The highest BCUT2D eigenvalue weighted by atomic mass is 32.2. The van der Waals surface area contributed by atoms with Gasteiger partial charge in [0, 0.05) is 22.0 Å². The Labute approximate surface area is 116 Å². The number of carbonyl (C=O) groups is 1. The third-order valence-electron chi connectivity index (χ3n) is 3.93. The molecule has 1 aliphatic carbocycles. The number of carboxylic acids is 1. The Balaban J connectivity index is 2.20. The lowest BCUT2D eigenvalue weighted by atomic mass is 9.88. The van der Waals surface area contributed by atoms with E-state index in [1.807, 2.05) is 6.07 Å². The van der Waals surface area contributed by atoms with E-state index in [-0.39, 0.29) is 0 Å². The zero-order valence-electron chi connectivity index (χ0n) is 11.2. The van der Waals surface area contributed by atoms with Gasteiger partial charge in [0.25, 0.3) is 0 Å². The molecule has 0 heterocycles. The van der Waals surface area contributed by atoms with Gasteiger partial charge in [-0.25, -0.2) is 0 Å². The van der Waals surface area contributed by atoms with Gasteiger partial charge in [0.05, 0.1) is 5.92 Å². The van der Waals surface area contributed by atoms with Crippen molar-refractivity contribution in [2.24, 2.45) is 5.92 Å². The van der Waals surface area contributed by atoms with Gasteiger partial charge in [0.15, 0.2) is 0 Å². The standard InChI is InChI=1S/C15H20O3S/c1-19(18)13-8-4-7-12(10-13)14(15(16)17)9-11-5-2-3-6-11/h4,7-8,10-11,14H,2-3,5-6,9H2,1H3,(H,16,17). The summed E-state index contributed by atoms with van der Waals surface area (Å²) in [5.74, 6) is -0.714. The minimum atomic E-state index is -1.07. The van der Waals surface area contributed by atoms with Crippen LogP contribution >= 0.6 is 0 Å². The third-order valence-corrected chi connectivity index (χ3v) is 4.85. The van der Waals surface area contributed by atoms with Gasteiger partial charge < -0.3 is 5.11 Å². The van der Waals surface area contributed by atoms with Crippen LogP contribution in [0.4, 0.5) is 0 Å². The van der Waals surface area contributed by atoms with E-state index in [1.54, 1.807) is 24.5 Å². The average molecular weight is 280 g/mol. The molecule has 0 aliphatic heterocycles. The molecule has 0 bridgehead atoms. The molecule has 1 N–H and O–H groups in total. The Bertz CT molecular complexity index is 478. The normalized spacial score (nSPS) is 19.2. The number of benzene rings is 1. The first-order valence-electron chi connectivity index (χ1n) is 6.74. The maximum Gasteiger partial charge on any atom is 0.310 e. The predicted molar refractivity (Wildman–Crippen MR) is 75.7 cm³/mol. The molecular formula is C15H20O3S. The average Bonchev–Trinajstić information content (AvgIpc) is 2.88. The lowest BCUT2D eigenvalue weighted by molar-refractivity contribution is -0.139. The molecule has 19 heavy (non-hydrogen) atoms. The SMILES string of the molecule is CS(=O)c1cccc(C(CC2CCCC2)C(=O)O)c1. The first-order chi connectivity index (χ1) is 9.08. The van der Waals surface area contributed by atoms with Crippen molar-refractivity contribution in [3.05, 3.63) is 29.8 Å². The number of aliphatic carboxylic acids is 1. The Kier molecular flexibility index (Phi) is 4.75. The van der Waals surface area contributed by atoms with Crippen LogP contribution in [-0.2, 0) is 15.6 Å². The van der Waals surface area contributed by atoms with E-state index in [0.29, 0.717) is 17.2 Å². The summed E-state index contributed by atoms with van der Waals surface area (Å²) in [5.41, 5.74) is 0.784. The molecule has 4 heteroatoms. The van der Waals surface area contributed by atoms with E-state index >= 15 is 0 Å². The minimum absolute atomic E-state index is 0.466. The molecule has 1 fully saturated rings. The molecule has 1 aromatic rings. The van der Waals surface area contributed by atoms with Crippen molar-refractivity contribution >= 4 is 16.8 Å². The Hall–Kier alpha value is -1.16. The van der Waals surface area contributed by atoms with Crippen LogP contribution in [0, 0.1) is 5.92 Å². The van der Waals surface area contributed by atoms with Crippen LogP contribution in [0.2, 0.25) is 0 Å². The zero-order valence-corrected chi connectivity index (χ0v) is 12.0. The fourth-order valence-corrected chi connectivity index (χ4v) is 3.44. The summed E-state index contributed by atoms with van der Waals surface area (Å²) in [7, 11) is -1.07. The molecule has 0 amide bonds. The van der Waals surface area contributed by atoms with Crippen LogP contribution < -0.4 is 0 Å². The topological polar surface area (TPSA) is 54.4 Å². The zero-order chi connectivity index (χ0) is 13.8. The van der Waals surface area contributed by atoms with Crippen molar-refractivity contribution in [3.63, 3.8) is 0 Å². The van der Waals surface area contributed by atoms with Crippen LogP contribution in [-0.4, -0.2) is 21.5 Å². The van der Waals surface area contributed by atoms with Gasteiger partial charge in [0.2, 0.25) is 0 Å². The molecule has 3 nitrogen and oxygen atoms in total. The molecule has 1 aromatic carbocycles. The number of hydrogen-bond acceptors (Lipinski definition) is 2. The molecular weight excluding hydrogens is 260 g/mol. The first-order valence-corrected chi connectivity index (χ1v) is 8.30. The summed E-state index contributed by atoms with van der Waals surface area (Å²) < 4.78 is 11.5. The van der Waals surface area contributed by atoms with Crippen molar-refractivity contribution in [1.82, 2.24) is 0 Å². The van der Waals surface area contributed by atoms with Crippen LogP contribution in [0.25, 0.3) is 0 Å². The number of rotatable bonds is 5. The van der Waals surface area contributed by atoms with E-state index in [2.05, 4.69) is 0 Å². The Morgan fingerprint density at radius 3 is 2.68 bits per heavy atom. The highest BCUT2D eigenvalue weighted by molar-refractivity contribution is 7.84. The van der Waals surface area contributed by atoms with Crippen molar-refractivity contribution in [3.8, 4) is 0 Å². The van der Waals surface area contributed by atoms with Gasteiger partial charge >= 0.3 is 5.97 Å². The largest absolute Gasteiger partial charge is 0.481 e. The molecule has 0 aromatic heterocycles. The van der Waals surface area contributed by atoms with Crippen LogP contribution in [0.1, 0.15) is 43.6 Å². The second-order valence-corrected chi connectivity index (χ2v) is 6.68. The van der Waals surface area contributed by atoms with Crippen molar-refractivity contribution in [1.29, 1.82) is 0 Å². The maximum absolute atomic E-state index is 11.5. The third kappa shape index (κ3) is 3.66. The molecule has 2 rings (SSSR count). The summed E-state index contributed by atoms with van der Waals surface area (Å²) in [6.45, 7) is 0. The molecule has 104 valence electrons. The summed E-state index contributed by atoms with van der Waals surface area (Å²) in [4.78, 5) is 12.2. The number of hydrogen-bond donors (Lipinski definition) is 1. The summed E-state index contributed by atoms with van der Waals surface area (Å²) in [6.07, 6.45) is 7.04. The van der Waals surface area contributed by atoms with Crippen molar-refractivity contribution < 1.29 is 14.1 Å². The molecule has 1 saturated carbocycles. The summed E-state index contributed by atoms with van der Waals surface area (Å²) >= 11 is 0. The van der Waals surface area contributed by atoms with E-state index in [0.717, 1.165) is 18.4 Å². The molecule has 1 aliphatic rings. The lowest BCUT2D eigenvalue weighted by Crippen LogP contribution is -2.15. The first kappa shape index (κ1) is 14.3. The Morgan fingerprint density at radius 2 is 2.11 bits per heavy atom. The summed E-state index contributed by atoms with van der Waals surface area (Å²) in [6, 6.07) is 7.21. The molecule has 2 atom stereocenters. The van der Waals surface area contributed by atoms with E-state index in [1.165, 1.54) is 12.8 Å². The van der Waals surface area contributed by atoms with Gasteiger partial charge in [-0.3, -0.25) is 9.00 Å². The lowest BCUT2D eigenvalue weighted by Gasteiger charge is -2.17. The van der Waals surface area contributed by atoms with E-state index < -0.39 is 22.7 Å². The maximum atomic E-state index is 11.5. The summed E-state index contributed by atoms with van der Waals surface area (Å²) in [5, 5.41) is 9.44. The van der Waals surface area contributed by atoms with Gasteiger partial charge in [-0.05, 0) is 30.0 Å². The fraction of sp³-hybridized carbons (Fsp3) is 0.533. The second kappa shape index (κ2) is 6.33. The predicted octanol–water partition coefficient (Wildman–Crippen LogP) is 3.17. The quantitative estimate of drug-likeness (QED) is 0.901. The highest BCUT2D eigenvalue weighted by Gasteiger charge is 2.26. The number of carboxylic acid groups (broad SMARTS) is 1. The minimum Gasteiger partial charge on any atom is -0.481 e. The van der Waals surface area contributed by atoms with Crippen LogP contribution in [0.5, 0.6) is 0 Å². The monoisotopic (exact) mass is 280 g/mol. The molecule has 0 saturated heterocycles. The molecule has 0 spiro atoms. The van der Waals surface area contributed by atoms with Gasteiger partial charge in [-0.15, -0.1) is 0 Å². The van der Waals surface area contributed by atoms with E-state index in [4.69, 9.17) is 0 Å².